The topological polar surface area (TPSA) is 104 Å². The summed E-state index contributed by atoms with van der Waals surface area (Å²) < 4.78 is 65.0. The standard InChI is InChI=1S/C21H25F4N5O6/c22-15-9-13(29-12-14(36-21(29)33)11-26-19(31)18(24)25)10-16(23)17(15)27-1-2-30(35-8-5-27)20(32)28-3-6-34-7-4-28/h9-10,14,18H,1-8,11-12H2,(H,26,31). The van der Waals surface area contributed by atoms with Crippen LogP contribution >= 0.6 is 0 Å². The van der Waals surface area contributed by atoms with Crippen molar-refractivity contribution in [2.24, 2.45) is 0 Å². The Morgan fingerprint density at radius 3 is 2.39 bits per heavy atom. The van der Waals surface area contributed by atoms with E-state index in [1.165, 1.54) is 9.96 Å². The van der Waals surface area contributed by atoms with E-state index in [0.717, 1.165) is 17.0 Å². The van der Waals surface area contributed by atoms with E-state index < -0.39 is 36.2 Å². The van der Waals surface area contributed by atoms with Crippen molar-refractivity contribution in [2.45, 2.75) is 12.5 Å². The molecule has 0 aliphatic carbocycles. The highest BCUT2D eigenvalue weighted by atomic mass is 19.3. The van der Waals surface area contributed by atoms with Crippen LogP contribution in [0.1, 0.15) is 0 Å². The molecule has 0 spiro atoms. The second kappa shape index (κ2) is 11.2. The lowest BCUT2D eigenvalue weighted by Crippen LogP contribution is -2.48. The van der Waals surface area contributed by atoms with Gasteiger partial charge in [-0.1, -0.05) is 0 Å². The van der Waals surface area contributed by atoms with Gasteiger partial charge < -0.3 is 24.6 Å². The molecular formula is C21H25F4N5O6. The normalized spacial score (nSPS) is 21.0. The largest absolute Gasteiger partial charge is 0.442 e. The number of urea groups is 1. The Balaban J connectivity index is 1.40. The third-order valence-corrected chi connectivity index (χ3v) is 5.88. The smallest absolute Gasteiger partial charge is 0.414 e. The van der Waals surface area contributed by atoms with Crippen molar-refractivity contribution in [1.82, 2.24) is 15.3 Å². The van der Waals surface area contributed by atoms with Gasteiger partial charge in [0.2, 0.25) is 0 Å². The molecule has 0 bridgehead atoms. The van der Waals surface area contributed by atoms with E-state index in [0.29, 0.717) is 26.3 Å². The van der Waals surface area contributed by atoms with Gasteiger partial charge in [0.25, 0.3) is 5.91 Å². The molecule has 3 aliphatic rings. The fraction of sp³-hybridized carbons (Fsp3) is 0.571. The maximum Gasteiger partial charge on any atom is 0.414 e. The van der Waals surface area contributed by atoms with E-state index in [9.17, 15) is 23.2 Å². The summed E-state index contributed by atoms with van der Waals surface area (Å²) in [6, 6.07) is 1.58. The first-order valence-corrected chi connectivity index (χ1v) is 11.3. The molecule has 1 unspecified atom stereocenters. The second-order valence-electron chi connectivity index (χ2n) is 8.22. The van der Waals surface area contributed by atoms with Crippen LogP contribution in [0, 0.1) is 11.6 Å². The predicted molar refractivity (Wildman–Crippen MR) is 116 cm³/mol. The summed E-state index contributed by atoms with van der Waals surface area (Å²) in [6.45, 7) is 1.41. The Labute approximate surface area is 203 Å². The van der Waals surface area contributed by atoms with Gasteiger partial charge in [-0.3, -0.25) is 14.5 Å². The number of carbonyl (C=O) groups is 3. The van der Waals surface area contributed by atoms with Crippen molar-refractivity contribution >= 4 is 29.4 Å². The lowest BCUT2D eigenvalue weighted by molar-refractivity contribution is -0.132. The third kappa shape index (κ3) is 5.73. The minimum absolute atomic E-state index is 0.0151. The van der Waals surface area contributed by atoms with Gasteiger partial charge in [0, 0.05) is 38.3 Å². The monoisotopic (exact) mass is 519 g/mol. The number of alkyl halides is 2. The van der Waals surface area contributed by atoms with Crippen molar-refractivity contribution in [3.63, 3.8) is 0 Å². The first kappa shape index (κ1) is 25.8. The number of ether oxygens (including phenoxy) is 2. The van der Waals surface area contributed by atoms with Gasteiger partial charge in [-0.15, -0.1) is 0 Å². The van der Waals surface area contributed by atoms with Crippen molar-refractivity contribution in [1.29, 1.82) is 0 Å². The Morgan fingerprint density at radius 2 is 1.72 bits per heavy atom. The molecule has 1 atom stereocenters. The highest BCUT2D eigenvalue weighted by Gasteiger charge is 2.35. The van der Waals surface area contributed by atoms with Gasteiger partial charge >= 0.3 is 18.5 Å². The molecule has 0 radical (unpaired) electrons. The van der Waals surface area contributed by atoms with Gasteiger partial charge in [-0.2, -0.15) is 8.78 Å². The predicted octanol–water partition coefficient (Wildman–Crippen LogP) is 1.18. The molecule has 4 rings (SSSR count). The number of anilines is 2. The van der Waals surface area contributed by atoms with E-state index in [1.807, 2.05) is 5.32 Å². The molecule has 1 aromatic rings. The summed E-state index contributed by atoms with van der Waals surface area (Å²) in [5, 5.41) is 3.10. The van der Waals surface area contributed by atoms with Gasteiger partial charge in [-0.05, 0) is 0 Å². The number of rotatable bonds is 5. The number of halogens is 4. The summed E-state index contributed by atoms with van der Waals surface area (Å²) in [7, 11) is 0. The first-order valence-electron chi connectivity index (χ1n) is 11.3. The summed E-state index contributed by atoms with van der Waals surface area (Å²) in [5.41, 5.74) is -0.465. The fourth-order valence-corrected chi connectivity index (χ4v) is 4.08. The zero-order valence-electron chi connectivity index (χ0n) is 19.1. The fourth-order valence-electron chi connectivity index (χ4n) is 4.08. The highest BCUT2D eigenvalue weighted by molar-refractivity contribution is 5.90. The number of morpholine rings is 1. The molecule has 3 heterocycles. The number of amides is 4. The van der Waals surface area contributed by atoms with Crippen LogP contribution < -0.4 is 15.1 Å². The maximum atomic E-state index is 15.1. The molecule has 1 aromatic carbocycles. The van der Waals surface area contributed by atoms with Crippen molar-refractivity contribution in [2.75, 3.05) is 75.4 Å². The number of benzene rings is 1. The van der Waals surface area contributed by atoms with E-state index in [4.69, 9.17) is 14.3 Å². The van der Waals surface area contributed by atoms with Gasteiger partial charge in [0.15, 0.2) is 11.6 Å². The van der Waals surface area contributed by atoms with E-state index in [-0.39, 0.29) is 56.7 Å². The molecule has 4 amide bonds. The minimum Gasteiger partial charge on any atom is -0.442 e. The zero-order valence-corrected chi connectivity index (χ0v) is 19.1. The Hall–Kier alpha value is -3.33. The molecular weight excluding hydrogens is 494 g/mol. The van der Waals surface area contributed by atoms with Crippen molar-refractivity contribution in [3.05, 3.63) is 23.8 Å². The number of nitrogens with one attached hydrogen (secondary N) is 1. The summed E-state index contributed by atoms with van der Waals surface area (Å²) >= 11 is 0. The third-order valence-electron chi connectivity index (χ3n) is 5.88. The maximum absolute atomic E-state index is 15.1. The Morgan fingerprint density at radius 1 is 1.03 bits per heavy atom. The molecule has 11 nitrogen and oxygen atoms in total. The molecule has 0 saturated carbocycles. The zero-order chi connectivity index (χ0) is 25.8. The second-order valence-corrected chi connectivity index (χ2v) is 8.22. The lowest BCUT2D eigenvalue weighted by atomic mass is 10.2. The highest BCUT2D eigenvalue weighted by Crippen LogP contribution is 2.31. The van der Waals surface area contributed by atoms with Gasteiger partial charge in [0.05, 0.1) is 45.1 Å². The van der Waals surface area contributed by atoms with Gasteiger partial charge in [-0.25, -0.2) is 23.4 Å². The van der Waals surface area contributed by atoms with Crippen LogP contribution in [0.25, 0.3) is 0 Å². The van der Waals surface area contributed by atoms with Crippen LogP contribution in [0.15, 0.2) is 12.1 Å². The Kier molecular flexibility index (Phi) is 7.98. The number of cyclic esters (lactones) is 1. The number of nitrogens with zero attached hydrogens (tertiary/aromatic N) is 4. The van der Waals surface area contributed by atoms with Crippen LogP contribution in [-0.4, -0.2) is 106 Å². The van der Waals surface area contributed by atoms with Crippen molar-refractivity contribution < 1.29 is 46.3 Å². The molecule has 3 aliphatic heterocycles. The molecule has 36 heavy (non-hydrogen) atoms. The van der Waals surface area contributed by atoms with Crippen LogP contribution in [0.3, 0.4) is 0 Å². The SMILES string of the molecule is O=C(NCC1CN(c2cc(F)c(N3CCON(C(=O)N4CCOCC4)CC3)c(F)c2)C(=O)O1)C(F)F. The minimum atomic E-state index is -3.22. The van der Waals surface area contributed by atoms with E-state index in [2.05, 4.69) is 0 Å². The van der Waals surface area contributed by atoms with Crippen LogP contribution in [0.2, 0.25) is 0 Å². The van der Waals surface area contributed by atoms with Crippen LogP contribution in [0.5, 0.6) is 0 Å². The number of hydrogen-bond donors (Lipinski definition) is 1. The van der Waals surface area contributed by atoms with E-state index in [1.54, 1.807) is 4.90 Å². The quantitative estimate of drug-likeness (QED) is 0.583. The van der Waals surface area contributed by atoms with Crippen LogP contribution in [0.4, 0.5) is 38.5 Å². The number of carbonyl (C=O) groups excluding carboxylic acids is 3. The molecule has 3 saturated heterocycles. The number of hydrogen-bond acceptors (Lipinski definition) is 7. The summed E-state index contributed by atoms with van der Waals surface area (Å²) in [5.74, 6) is -3.40. The first-order chi connectivity index (χ1) is 17.2. The molecule has 1 N–H and O–H groups in total. The van der Waals surface area contributed by atoms with Crippen molar-refractivity contribution in [3.8, 4) is 0 Å². The average molecular weight is 519 g/mol. The molecule has 3 fully saturated rings. The lowest BCUT2D eigenvalue weighted by Gasteiger charge is -2.31. The number of hydroxylamine groups is 2. The summed E-state index contributed by atoms with van der Waals surface area (Å²) in [4.78, 5) is 45.3. The van der Waals surface area contributed by atoms with E-state index >= 15 is 8.78 Å². The molecule has 15 heteroatoms. The summed E-state index contributed by atoms with van der Waals surface area (Å²) in [6.07, 6.45) is -5.12. The average Bonchev–Trinajstić information content (AvgIpc) is 3.06. The Bertz CT molecular complexity index is 973. The van der Waals surface area contributed by atoms with Gasteiger partial charge in [0.1, 0.15) is 11.8 Å². The van der Waals surface area contributed by atoms with Crippen LogP contribution in [-0.2, 0) is 19.1 Å². The molecule has 198 valence electrons. The molecule has 0 aromatic heterocycles.